The van der Waals surface area contributed by atoms with Crippen molar-refractivity contribution >= 4 is 11.0 Å². The number of fused-ring (bicyclic) bond motifs is 1. The van der Waals surface area contributed by atoms with E-state index in [1.165, 1.54) is 112 Å². The number of unbranched alkanes of at least 4 members (excludes halogenated alkanes) is 13. The SMILES string of the molecule is CCCCCCCCCCCCCCCCn1c(Cc2ccccc2C)nc2ccccc21. The van der Waals surface area contributed by atoms with Crippen molar-refractivity contribution in [2.75, 3.05) is 0 Å². The first-order valence-corrected chi connectivity index (χ1v) is 13.8. The molecule has 0 radical (unpaired) electrons. The molecule has 2 aromatic carbocycles. The molecular formula is C31H46N2. The maximum atomic E-state index is 5.00. The molecule has 1 aromatic heterocycles. The zero-order chi connectivity index (χ0) is 23.1. The Kier molecular flexibility index (Phi) is 11.6. The van der Waals surface area contributed by atoms with Crippen molar-refractivity contribution in [3.8, 4) is 0 Å². The highest BCUT2D eigenvalue weighted by molar-refractivity contribution is 5.76. The van der Waals surface area contributed by atoms with E-state index in [0.717, 1.165) is 18.5 Å². The van der Waals surface area contributed by atoms with Gasteiger partial charge in [-0.2, -0.15) is 0 Å². The number of para-hydroxylation sites is 2. The quantitative estimate of drug-likeness (QED) is 0.189. The van der Waals surface area contributed by atoms with Gasteiger partial charge in [0.1, 0.15) is 5.82 Å². The topological polar surface area (TPSA) is 17.8 Å². The summed E-state index contributed by atoms with van der Waals surface area (Å²) in [6, 6.07) is 17.3. The van der Waals surface area contributed by atoms with Gasteiger partial charge in [-0.15, -0.1) is 0 Å². The first-order chi connectivity index (χ1) is 16.3. The Hall–Kier alpha value is -2.09. The molecule has 3 rings (SSSR count). The Morgan fingerprint density at radius 3 is 1.82 bits per heavy atom. The van der Waals surface area contributed by atoms with E-state index in [2.05, 4.69) is 66.9 Å². The van der Waals surface area contributed by atoms with Gasteiger partial charge in [-0.25, -0.2) is 4.98 Å². The number of hydrogen-bond donors (Lipinski definition) is 0. The van der Waals surface area contributed by atoms with Crippen LogP contribution in [0.25, 0.3) is 11.0 Å². The monoisotopic (exact) mass is 446 g/mol. The molecule has 0 unspecified atom stereocenters. The fourth-order valence-corrected chi connectivity index (χ4v) is 4.95. The minimum atomic E-state index is 0.917. The lowest BCUT2D eigenvalue weighted by Crippen LogP contribution is -2.06. The lowest BCUT2D eigenvalue weighted by molar-refractivity contribution is 0.523. The summed E-state index contributed by atoms with van der Waals surface area (Å²) in [6.45, 7) is 5.58. The molecule has 2 heteroatoms. The van der Waals surface area contributed by atoms with E-state index in [4.69, 9.17) is 4.98 Å². The van der Waals surface area contributed by atoms with Crippen LogP contribution in [-0.2, 0) is 13.0 Å². The van der Waals surface area contributed by atoms with Gasteiger partial charge in [0, 0.05) is 13.0 Å². The van der Waals surface area contributed by atoms with Crippen LogP contribution in [0.1, 0.15) is 114 Å². The summed E-state index contributed by atoms with van der Waals surface area (Å²) in [5.74, 6) is 1.21. The lowest BCUT2D eigenvalue weighted by Gasteiger charge is -2.11. The number of imidazole rings is 1. The zero-order valence-electron chi connectivity index (χ0n) is 21.3. The lowest BCUT2D eigenvalue weighted by atomic mass is 10.0. The average molecular weight is 447 g/mol. The molecule has 0 aliphatic heterocycles. The average Bonchev–Trinajstić information content (AvgIpc) is 3.18. The van der Waals surface area contributed by atoms with Crippen LogP contribution >= 0.6 is 0 Å². The van der Waals surface area contributed by atoms with Gasteiger partial charge in [0.2, 0.25) is 0 Å². The standard InChI is InChI=1S/C31H46N2/c1-3-4-5-6-7-8-9-10-11-12-13-14-15-20-25-33-30-24-19-18-23-29(30)32-31(33)26-28-22-17-16-21-27(28)2/h16-19,21-24H,3-15,20,25-26H2,1-2H3. The Bertz CT molecular complexity index is 924. The summed E-state index contributed by atoms with van der Waals surface area (Å²) >= 11 is 0. The molecule has 0 saturated heterocycles. The molecule has 0 N–H and O–H groups in total. The maximum absolute atomic E-state index is 5.00. The van der Waals surface area contributed by atoms with Gasteiger partial charge in [0.15, 0.2) is 0 Å². The third-order valence-electron chi connectivity index (χ3n) is 7.08. The largest absolute Gasteiger partial charge is 0.328 e. The van der Waals surface area contributed by atoms with Crippen molar-refractivity contribution in [2.45, 2.75) is 117 Å². The van der Waals surface area contributed by atoms with E-state index in [9.17, 15) is 0 Å². The van der Waals surface area contributed by atoms with E-state index < -0.39 is 0 Å². The first kappa shape index (κ1) is 25.5. The zero-order valence-corrected chi connectivity index (χ0v) is 21.3. The Labute approximate surface area is 202 Å². The second kappa shape index (κ2) is 14.9. The van der Waals surface area contributed by atoms with E-state index >= 15 is 0 Å². The molecule has 180 valence electrons. The summed E-state index contributed by atoms with van der Waals surface area (Å²) in [6.07, 6.45) is 20.6. The number of nitrogens with zero attached hydrogens (tertiary/aromatic N) is 2. The molecular weight excluding hydrogens is 400 g/mol. The molecule has 3 aromatic rings. The van der Waals surface area contributed by atoms with Gasteiger partial charge in [-0.05, 0) is 36.6 Å². The number of aryl methyl sites for hydroxylation is 2. The second-order valence-electron chi connectivity index (χ2n) is 9.87. The maximum Gasteiger partial charge on any atom is 0.114 e. The third kappa shape index (κ3) is 8.65. The van der Waals surface area contributed by atoms with Gasteiger partial charge in [-0.3, -0.25) is 0 Å². The molecule has 0 atom stereocenters. The molecule has 0 aliphatic carbocycles. The smallest absolute Gasteiger partial charge is 0.114 e. The van der Waals surface area contributed by atoms with E-state index in [-0.39, 0.29) is 0 Å². The van der Waals surface area contributed by atoms with Crippen molar-refractivity contribution in [3.63, 3.8) is 0 Å². The molecule has 33 heavy (non-hydrogen) atoms. The molecule has 0 aliphatic rings. The number of hydrogen-bond acceptors (Lipinski definition) is 1. The molecule has 2 nitrogen and oxygen atoms in total. The highest BCUT2D eigenvalue weighted by atomic mass is 15.1. The predicted molar refractivity (Wildman–Crippen MR) is 144 cm³/mol. The van der Waals surface area contributed by atoms with Crippen molar-refractivity contribution in [1.82, 2.24) is 9.55 Å². The second-order valence-corrected chi connectivity index (χ2v) is 9.87. The van der Waals surface area contributed by atoms with E-state index in [0.29, 0.717) is 0 Å². The van der Waals surface area contributed by atoms with Crippen LogP contribution < -0.4 is 0 Å². The van der Waals surface area contributed by atoms with Crippen LogP contribution in [0.4, 0.5) is 0 Å². The van der Waals surface area contributed by atoms with Gasteiger partial charge >= 0.3 is 0 Å². The number of aromatic nitrogens is 2. The predicted octanol–water partition coefficient (Wildman–Crippen LogP) is 9.42. The molecule has 0 fully saturated rings. The Morgan fingerprint density at radius 2 is 1.18 bits per heavy atom. The van der Waals surface area contributed by atoms with Crippen LogP contribution in [0.15, 0.2) is 48.5 Å². The minimum absolute atomic E-state index is 0.917. The highest BCUT2D eigenvalue weighted by Gasteiger charge is 2.11. The summed E-state index contributed by atoms with van der Waals surface area (Å²) < 4.78 is 2.47. The summed E-state index contributed by atoms with van der Waals surface area (Å²) in [4.78, 5) is 5.00. The fraction of sp³-hybridized carbons (Fsp3) is 0.581. The van der Waals surface area contributed by atoms with E-state index in [1.807, 2.05) is 0 Å². The van der Waals surface area contributed by atoms with Crippen LogP contribution in [0.3, 0.4) is 0 Å². The van der Waals surface area contributed by atoms with Crippen LogP contribution in [0.5, 0.6) is 0 Å². The van der Waals surface area contributed by atoms with Crippen LogP contribution in [0, 0.1) is 6.92 Å². The molecule has 1 heterocycles. The van der Waals surface area contributed by atoms with E-state index in [1.54, 1.807) is 0 Å². The summed E-state index contributed by atoms with van der Waals surface area (Å²) in [5.41, 5.74) is 5.16. The van der Waals surface area contributed by atoms with Crippen LogP contribution in [-0.4, -0.2) is 9.55 Å². The Morgan fingerprint density at radius 1 is 0.636 bits per heavy atom. The van der Waals surface area contributed by atoms with Crippen molar-refractivity contribution in [3.05, 3.63) is 65.5 Å². The fourth-order valence-electron chi connectivity index (χ4n) is 4.95. The summed E-state index contributed by atoms with van der Waals surface area (Å²) in [7, 11) is 0. The minimum Gasteiger partial charge on any atom is -0.328 e. The highest BCUT2D eigenvalue weighted by Crippen LogP contribution is 2.21. The number of rotatable bonds is 17. The van der Waals surface area contributed by atoms with Gasteiger partial charge in [0.25, 0.3) is 0 Å². The van der Waals surface area contributed by atoms with Gasteiger partial charge < -0.3 is 4.57 Å². The Balaban J connectivity index is 1.35. The molecule has 0 saturated carbocycles. The van der Waals surface area contributed by atoms with Crippen LogP contribution in [0.2, 0.25) is 0 Å². The van der Waals surface area contributed by atoms with Gasteiger partial charge in [-0.1, -0.05) is 127 Å². The molecule has 0 bridgehead atoms. The van der Waals surface area contributed by atoms with Crippen molar-refractivity contribution in [2.24, 2.45) is 0 Å². The normalized spacial score (nSPS) is 11.5. The molecule has 0 amide bonds. The molecule has 0 spiro atoms. The number of benzene rings is 2. The van der Waals surface area contributed by atoms with Gasteiger partial charge in [0.05, 0.1) is 11.0 Å². The first-order valence-electron chi connectivity index (χ1n) is 13.8. The van der Waals surface area contributed by atoms with Crippen molar-refractivity contribution < 1.29 is 0 Å². The third-order valence-corrected chi connectivity index (χ3v) is 7.08. The summed E-state index contributed by atoms with van der Waals surface area (Å²) in [5, 5.41) is 0. The van der Waals surface area contributed by atoms with Crippen molar-refractivity contribution in [1.29, 1.82) is 0 Å².